The number of aromatic nitrogens is 2. The lowest BCUT2D eigenvalue weighted by molar-refractivity contribution is 1.42. The highest BCUT2D eigenvalue weighted by Crippen LogP contribution is 1.74. The van der Waals surface area contributed by atoms with Crippen molar-refractivity contribution in [1.82, 2.24) is 9.36 Å². The Morgan fingerprint density at radius 3 is 2.83 bits per heavy atom. The lowest BCUT2D eigenvalue weighted by atomic mass is 10.1. The molecule has 2 nitrogen and oxygen atoms in total. The quantitative estimate of drug-likeness (QED) is 0.400. The van der Waals surface area contributed by atoms with Gasteiger partial charge in [-0.3, -0.25) is 0 Å². The summed E-state index contributed by atoms with van der Waals surface area (Å²) in [6, 6.07) is 0. The molecule has 1 heterocycles. The van der Waals surface area contributed by atoms with E-state index in [1.54, 1.807) is 5.51 Å². The van der Waals surface area contributed by atoms with Crippen LogP contribution in [0.3, 0.4) is 0 Å². The summed E-state index contributed by atoms with van der Waals surface area (Å²) in [5.74, 6) is 0. The van der Waals surface area contributed by atoms with Crippen LogP contribution in [0.2, 0.25) is 0 Å². The van der Waals surface area contributed by atoms with Crippen LogP contribution < -0.4 is 5.72 Å². The second-order valence-electron chi connectivity index (χ2n) is 0.789. The first kappa shape index (κ1) is 3.80. The Hall–Kier alpha value is -0.375. The van der Waals surface area contributed by atoms with Gasteiger partial charge in [-0.05, 0) is 11.5 Å². The molecule has 0 aliphatic heterocycles. The van der Waals surface area contributed by atoms with Gasteiger partial charge in [0.2, 0.25) is 0 Å². The molecular weight excluding hydrogens is 94.9 g/mol. The van der Waals surface area contributed by atoms with Gasteiger partial charge in [-0.25, -0.2) is 4.98 Å². The first-order valence-corrected chi connectivity index (χ1v) is 2.25. The van der Waals surface area contributed by atoms with Crippen molar-refractivity contribution in [2.45, 2.75) is 0 Å². The van der Waals surface area contributed by atoms with Crippen LogP contribution in [0, 0.1) is 0 Å². The molecule has 28 valence electrons. The molecule has 2 radical (unpaired) electrons. The van der Waals surface area contributed by atoms with E-state index in [1.807, 2.05) is 0 Å². The molecule has 0 aliphatic carbocycles. The Bertz CT molecular complexity index is 115. The maximum absolute atomic E-state index is 5.07. The Morgan fingerprint density at radius 1 is 1.83 bits per heavy atom. The predicted molar refractivity (Wildman–Crippen MR) is 25.3 cm³/mol. The van der Waals surface area contributed by atoms with Gasteiger partial charge in [-0.15, -0.1) is 0 Å². The van der Waals surface area contributed by atoms with Crippen molar-refractivity contribution in [2.75, 3.05) is 0 Å². The molecule has 1 rings (SSSR count). The van der Waals surface area contributed by atoms with Gasteiger partial charge in [0.25, 0.3) is 0 Å². The minimum absolute atomic E-state index is 0.361. The molecule has 0 fully saturated rings. The van der Waals surface area contributed by atoms with E-state index >= 15 is 0 Å². The molecule has 0 unspecified atom stereocenters. The number of hydrogen-bond donors (Lipinski definition) is 0. The second-order valence-corrected chi connectivity index (χ2v) is 1.39. The summed E-state index contributed by atoms with van der Waals surface area (Å²) >= 11 is 1.25. The van der Waals surface area contributed by atoms with E-state index in [9.17, 15) is 0 Å². The Morgan fingerprint density at radius 2 is 2.67 bits per heavy atom. The van der Waals surface area contributed by atoms with Gasteiger partial charge >= 0.3 is 0 Å². The molecule has 1 aromatic rings. The molecule has 0 aliphatic rings. The van der Waals surface area contributed by atoms with Crippen LogP contribution in [-0.2, 0) is 0 Å². The zero-order valence-electron chi connectivity index (χ0n) is 2.96. The maximum Gasteiger partial charge on any atom is 0.171 e. The van der Waals surface area contributed by atoms with E-state index in [-0.39, 0.29) is 0 Å². The Labute approximate surface area is 40.8 Å². The molecule has 0 aromatic carbocycles. The van der Waals surface area contributed by atoms with Crippen LogP contribution >= 0.6 is 11.5 Å². The third kappa shape index (κ3) is 0.569. The van der Waals surface area contributed by atoms with Crippen LogP contribution in [0.5, 0.6) is 0 Å². The SMILES string of the molecule is [B]c1ncsn1. The highest BCUT2D eigenvalue weighted by molar-refractivity contribution is 7.03. The standard InChI is InChI=1S/C2HBN2S/c3-2-4-1-6-5-2/h1H. The van der Waals surface area contributed by atoms with Crippen molar-refractivity contribution in [1.29, 1.82) is 0 Å². The van der Waals surface area contributed by atoms with Crippen LogP contribution in [0.15, 0.2) is 5.51 Å². The molecule has 0 amide bonds. The molecule has 0 N–H and O–H groups in total. The van der Waals surface area contributed by atoms with Gasteiger partial charge in [0.05, 0.1) is 11.2 Å². The Balaban J connectivity index is 3.05. The molecule has 0 atom stereocenters. The van der Waals surface area contributed by atoms with Crippen molar-refractivity contribution in [3.05, 3.63) is 5.51 Å². The van der Waals surface area contributed by atoms with Gasteiger partial charge in [-0.2, -0.15) is 4.37 Å². The van der Waals surface area contributed by atoms with Crippen molar-refractivity contribution < 1.29 is 0 Å². The molecule has 0 saturated carbocycles. The van der Waals surface area contributed by atoms with Gasteiger partial charge in [-0.1, -0.05) is 0 Å². The van der Waals surface area contributed by atoms with E-state index in [2.05, 4.69) is 9.36 Å². The minimum Gasteiger partial charge on any atom is -0.240 e. The average molecular weight is 95.9 g/mol. The van der Waals surface area contributed by atoms with E-state index < -0.39 is 0 Å². The fourth-order valence-electron chi connectivity index (χ4n) is 0.179. The van der Waals surface area contributed by atoms with Gasteiger partial charge < -0.3 is 0 Å². The summed E-state index contributed by atoms with van der Waals surface area (Å²) in [5.41, 5.74) is 1.95. The van der Waals surface area contributed by atoms with Crippen molar-refractivity contribution >= 4 is 25.1 Å². The lowest BCUT2D eigenvalue weighted by Crippen LogP contribution is -2.03. The molecule has 1 aromatic heterocycles. The van der Waals surface area contributed by atoms with Gasteiger partial charge in [0.15, 0.2) is 7.85 Å². The van der Waals surface area contributed by atoms with Crippen molar-refractivity contribution in [3.8, 4) is 0 Å². The Kier molecular flexibility index (Phi) is 0.878. The smallest absolute Gasteiger partial charge is 0.171 e. The summed E-state index contributed by atoms with van der Waals surface area (Å²) in [5, 5.41) is 0. The van der Waals surface area contributed by atoms with Gasteiger partial charge in [0.1, 0.15) is 0 Å². The molecule has 0 bridgehead atoms. The minimum atomic E-state index is 0.361. The first-order valence-electron chi connectivity index (χ1n) is 1.41. The van der Waals surface area contributed by atoms with E-state index in [0.29, 0.717) is 5.72 Å². The fourth-order valence-corrected chi connectivity index (χ4v) is 0.536. The number of hydrogen-bond acceptors (Lipinski definition) is 3. The normalized spacial score (nSPS) is 8.67. The topological polar surface area (TPSA) is 25.8 Å². The van der Waals surface area contributed by atoms with E-state index in [4.69, 9.17) is 7.85 Å². The van der Waals surface area contributed by atoms with Crippen LogP contribution in [-0.4, -0.2) is 17.2 Å². The zero-order valence-corrected chi connectivity index (χ0v) is 3.77. The molecule has 6 heavy (non-hydrogen) atoms. The zero-order chi connectivity index (χ0) is 4.41. The van der Waals surface area contributed by atoms with Gasteiger partial charge in [0, 0.05) is 0 Å². The molecule has 0 spiro atoms. The first-order chi connectivity index (χ1) is 2.89. The number of rotatable bonds is 0. The molecular formula is C2HBN2S. The second kappa shape index (κ2) is 1.38. The lowest BCUT2D eigenvalue weighted by Gasteiger charge is -1.63. The highest BCUT2D eigenvalue weighted by Gasteiger charge is 1.77. The summed E-state index contributed by atoms with van der Waals surface area (Å²) in [6.45, 7) is 0. The predicted octanol–water partition coefficient (Wildman–Crippen LogP) is -0.668. The van der Waals surface area contributed by atoms with Crippen molar-refractivity contribution in [2.24, 2.45) is 0 Å². The summed E-state index contributed by atoms with van der Waals surface area (Å²) in [6.07, 6.45) is 0. The summed E-state index contributed by atoms with van der Waals surface area (Å²) in [7, 11) is 5.07. The fraction of sp³-hybridized carbons (Fsp3) is 0. The van der Waals surface area contributed by atoms with E-state index in [0.717, 1.165) is 0 Å². The van der Waals surface area contributed by atoms with Crippen LogP contribution in [0.25, 0.3) is 0 Å². The average Bonchev–Trinajstić information content (AvgIpc) is 1.86. The monoisotopic (exact) mass is 96.0 g/mol. The summed E-state index contributed by atoms with van der Waals surface area (Å²) < 4.78 is 3.62. The summed E-state index contributed by atoms with van der Waals surface area (Å²) in [4.78, 5) is 3.60. The van der Waals surface area contributed by atoms with Crippen molar-refractivity contribution in [3.63, 3.8) is 0 Å². The maximum atomic E-state index is 5.07. The largest absolute Gasteiger partial charge is 0.240 e. The molecule has 0 saturated heterocycles. The molecule has 4 heteroatoms. The van der Waals surface area contributed by atoms with E-state index in [1.165, 1.54) is 11.5 Å². The highest BCUT2D eigenvalue weighted by atomic mass is 32.1. The third-order valence-corrected chi connectivity index (χ3v) is 0.871. The van der Waals surface area contributed by atoms with Crippen LogP contribution in [0.1, 0.15) is 0 Å². The third-order valence-electron chi connectivity index (χ3n) is 0.378. The number of nitrogens with zero attached hydrogens (tertiary/aromatic N) is 2. The van der Waals surface area contributed by atoms with Crippen LogP contribution in [0.4, 0.5) is 0 Å².